The predicted molar refractivity (Wildman–Crippen MR) is 110 cm³/mol. The quantitative estimate of drug-likeness (QED) is 0.499. The summed E-state index contributed by atoms with van der Waals surface area (Å²) in [6, 6.07) is 15.2. The number of anilines is 4. The fraction of sp³-hybridized carbons (Fsp3) is 0.200. The van der Waals surface area contributed by atoms with Gasteiger partial charge in [0.25, 0.3) is 0 Å². The second kappa shape index (κ2) is 8.45. The van der Waals surface area contributed by atoms with E-state index in [0.717, 1.165) is 42.6 Å². The number of nitrogens with zero attached hydrogens (tertiary/aromatic N) is 3. The van der Waals surface area contributed by atoms with Gasteiger partial charge in [0.05, 0.1) is 19.4 Å². The van der Waals surface area contributed by atoms with E-state index < -0.39 is 5.82 Å². The molecule has 3 aromatic rings. The van der Waals surface area contributed by atoms with Gasteiger partial charge >= 0.3 is 0 Å². The first-order valence-corrected chi connectivity index (χ1v) is 9.75. The van der Waals surface area contributed by atoms with Crippen molar-refractivity contribution in [3.05, 3.63) is 60.5 Å². The molecule has 0 radical (unpaired) electrons. The predicted octanol–water partition coefficient (Wildman–Crippen LogP) is 3.93. The Hall–Kier alpha value is -2.84. The van der Waals surface area contributed by atoms with E-state index in [0.29, 0.717) is 11.6 Å². The number of nitrogen functional groups attached to an aromatic ring is 1. The second-order valence-electron chi connectivity index (χ2n) is 6.29. The highest BCUT2D eigenvalue weighted by molar-refractivity contribution is 7.99. The third kappa shape index (κ3) is 4.52. The molecule has 28 heavy (non-hydrogen) atoms. The van der Waals surface area contributed by atoms with Crippen molar-refractivity contribution in [2.75, 3.05) is 42.3 Å². The average molecular weight is 397 g/mol. The lowest BCUT2D eigenvalue weighted by Gasteiger charge is -2.28. The van der Waals surface area contributed by atoms with Gasteiger partial charge in [-0.15, -0.1) is 0 Å². The van der Waals surface area contributed by atoms with Gasteiger partial charge in [0.15, 0.2) is 5.82 Å². The minimum atomic E-state index is -0.463. The minimum Gasteiger partial charge on any atom is -0.399 e. The van der Waals surface area contributed by atoms with E-state index in [-0.39, 0.29) is 5.03 Å². The van der Waals surface area contributed by atoms with Crippen molar-refractivity contribution in [2.45, 2.75) is 9.92 Å². The lowest BCUT2D eigenvalue weighted by atomic mass is 10.2. The number of hydrogen-bond acceptors (Lipinski definition) is 7. The molecule has 6 nitrogen and oxygen atoms in total. The number of aromatic nitrogens is 2. The molecule has 1 aliphatic heterocycles. The van der Waals surface area contributed by atoms with Crippen LogP contribution in [-0.2, 0) is 4.74 Å². The highest BCUT2D eigenvalue weighted by Gasteiger charge is 2.12. The van der Waals surface area contributed by atoms with Crippen LogP contribution in [0.4, 0.5) is 27.4 Å². The molecule has 0 aliphatic carbocycles. The van der Waals surface area contributed by atoms with Crippen LogP contribution >= 0.6 is 11.8 Å². The summed E-state index contributed by atoms with van der Waals surface area (Å²) < 4.78 is 19.5. The van der Waals surface area contributed by atoms with E-state index in [1.165, 1.54) is 18.0 Å². The van der Waals surface area contributed by atoms with Gasteiger partial charge < -0.3 is 20.7 Å². The Balaban J connectivity index is 1.46. The first-order chi connectivity index (χ1) is 13.7. The molecule has 1 saturated heterocycles. The number of halogens is 1. The molecule has 8 heteroatoms. The molecular formula is C20H20FN5OS. The van der Waals surface area contributed by atoms with Crippen LogP contribution in [0.5, 0.6) is 0 Å². The van der Waals surface area contributed by atoms with Crippen molar-refractivity contribution in [1.82, 2.24) is 9.97 Å². The molecule has 0 bridgehead atoms. The van der Waals surface area contributed by atoms with E-state index >= 15 is 0 Å². The molecule has 2 aromatic carbocycles. The van der Waals surface area contributed by atoms with E-state index in [9.17, 15) is 4.39 Å². The van der Waals surface area contributed by atoms with Crippen LogP contribution in [0.1, 0.15) is 0 Å². The minimum absolute atomic E-state index is 0.257. The fourth-order valence-electron chi connectivity index (χ4n) is 2.84. The second-order valence-corrected chi connectivity index (χ2v) is 7.35. The summed E-state index contributed by atoms with van der Waals surface area (Å²) in [4.78, 5) is 11.5. The van der Waals surface area contributed by atoms with E-state index in [1.807, 2.05) is 36.4 Å². The summed E-state index contributed by atoms with van der Waals surface area (Å²) in [6.45, 7) is 3.27. The maximum atomic E-state index is 14.1. The number of nitrogens with one attached hydrogen (secondary N) is 1. The molecule has 2 heterocycles. The molecule has 0 unspecified atom stereocenters. The third-order valence-electron chi connectivity index (χ3n) is 4.31. The Morgan fingerprint density at radius 1 is 1.04 bits per heavy atom. The molecule has 0 amide bonds. The molecule has 0 atom stereocenters. The smallest absolute Gasteiger partial charge is 0.228 e. The van der Waals surface area contributed by atoms with Gasteiger partial charge in [-0.05, 0) is 48.5 Å². The van der Waals surface area contributed by atoms with Crippen LogP contribution in [0, 0.1) is 5.82 Å². The zero-order chi connectivity index (χ0) is 19.3. The molecule has 0 saturated carbocycles. The number of benzene rings is 2. The summed E-state index contributed by atoms with van der Waals surface area (Å²) in [5, 5.41) is 3.39. The van der Waals surface area contributed by atoms with Crippen LogP contribution in [0.2, 0.25) is 0 Å². The fourth-order valence-corrected chi connectivity index (χ4v) is 3.61. The Labute approximate surface area is 166 Å². The van der Waals surface area contributed by atoms with Crippen LogP contribution in [0.25, 0.3) is 0 Å². The van der Waals surface area contributed by atoms with Crippen LogP contribution in [-0.4, -0.2) is 36.3 Å². The van der Waals surface area contributed by atoms with Crippen LogP contribution in [0.15, 0.2) is 64.6 Å². The van der Waals surface area contributed by atoms with Gasteiger partial charge in [-0.25, -0.2) is 14.4 Å². The number of morpholine rings is 1. The third-order valence-corrected chi connectivity index (χ3v) is 5.29. The van der Waals surface area contributed by atoms with Crippen molar-refractivity contribution in [1.29, 1.82) is 0 Å². The maximum absolute atomic E-state index is 14.1. The van der Waals surface area contributed by atoms with Crippen molar-refractivity contribution in [3.63, 3.8) is 0 Å². The molecule has 144 valence electrons. The summed E-state index contributed by atoms with van der Waals surface area (Å²) in [5.74, 6) is -0.117. The van der Waals surface area contributed by atoms with Gasteiger partial charge in [0, 0.05) is 35.0 Å². The molecule has 4 rings (SSSR count). The number of hydrogen-bond donors (Lipinski definition) is 2. The first-order valence-electron chi connectivity index (χ1n) is 8.93. The van der Waals surface area contributed by atoms with E-state index in [1.54, 1.807) is 12.1 Å². The SMILES string of the molecule is Nc1ccc(Sc2nc(Nc3ccc(N4CCOCC4)cc3)ncc2F)cc1. The lowest BCUT2D eigenvalue weighted by Crippen LogP contribution is -2.36. The highest BCUT2D eigenvalue weighted by Crippen LogP contribution is 2.29. The Bertz CT molecular complexity index is 930. The zero-order valence-electron chi connectivity index (χ0n) is 15.1. The number of ether oxygens (including phenoxy) is 1. The van der Waals surface area contributed by atoms with Gasteiger partial charge in [0.1, 0.15) is 5.03 Å². The first kappa shape index (κ1) is 18.5. The van der Waals surface area contributed by atoms with Crippen molar-refractivity contribution < 1.29 is 9.13 Å². The molecule has 1 aliphatic rings. The summed E-state index contributed by atoms with van der Waals surface area (Å²) in [6.07, 6.45) is 1.18. The van der Waals surface area contributed by atoms with Crippen LogP contribution < -0.4 is 16.0 Å². The molecule has 0 spiro atoms. The Morgan fingerprint density at radius 3 is 2.46 bits per heavy atom. The average Bonchev–Trinajstić information content (AvgIpc) is 2.73. The van der Waals surface area contributed by atoms with Crippen molar-refractivity contribution in [2.24, 2.45) is 0 Å². The molecular weight excluding hydrogens is 377 g/mol. The maximum Gasteiger partial charge on any atom is 0.228 e. The summed E-state index contributed by atoms with van der Waals surface area (Å²) >= 11 is 1.23. The highest BCUT2D eigenvalue weighted by atomic mass is 32.2. The van der Waals surface area contributed by atoms with Crippen LogP contribution in [0.3, 0.4) is 0 Å². The normalized spacial score (nSPS) is 14.1. The van der Waals surface area contributed by atoms with Gasteiger partial charge in [-0.1, -0.05) is 11.8 Å². The van der Waals surface area contributed by atoms with Gasteiger partial charge in [0.2, 0.25) is 5.95 Å². The molecule has 1 fully saturated rings. The topological polar surface area (TPSA) is 76.3 Å². The standard InChI is InChI=1S/C20H20FN5OS/c21-18-13-23-20(25-19(18)28-17-7-1-14(22)2-8-17)24-15-3-5-16(6-4-15)26-9-11-27-12-10-26/h1-8,13H,9-12,22H2,(H,23,24,25). The molecule has 1 aromatic heterocycles. The monoisotopic (exact) mass is 397 g/mol. The number of nitrogens with two attached hydrogens (primary N) is 1. The van der Waals surface area contributed by atoms with Crippen molar-refractivity contribution in [3.8, 4) is 0 Å². The van der Waals surface area contributed by atoms with Gasteiger partial charge in [-0.2, -0.15) is 0 Å². The van der Waals surface area contributed by atoms with E-state index in [4.69, 9.17) is 10.5 Å². The lowest BCUT2D eigenvalue weighted by molar-refractivity contribution is 0.122. The number of rotatable bonds is 5. The molecule has 3 N–H and O–H groups in total. The zero-order valence-corrected chi connectivity index (χ0v) is 16.0. The Kier molecular flexibility index (Phi) is 5.59. The van der Waals surface area contributed by atoms with Gasteiger partial charge in [-0.3, -0.25) is 0 Å². The largest absolute Gasteiger partial charge is 0.399 e. The van der Waals surface area contributed by atoms with E-state index in [2.05, 4.69) is 20.2 Å². The summed E-state index contributed by atoms with van der Waals surface area (Å²) in [7, 11) is 0. The van der Waals surface area contributed by atoms with Crippen molar-refractivity contribution >= 4 is 34.8 Å². The Morgan fingerprint density at radius 2 is 1.75 bits per heavy atom. The summed E-state index contributed by atoms with van der Waals surface area (Å²) in [5.41, 5.74) is 8.34.